The minimum absolute atomic E-state index is 0.171. The molecule has 130 valence electrons. The molecule has 0 aliphatic carbocycles. The Morgan fingerprint density at radius 2 is 1.87 bits per heavy atom. The SMILES string of the molecule is COC(=O)c1ccc(S(=O)(=O)NCC(C)(C)N)cc1C(F)(F)F. The molecular weight excluding hydrogens is 337 g/mol. The van der Waals surface area contributed by atoms with Gasteiger partial charge in [-0.15, -0.1) is 0 Å². The number of nitrogens with one attached hydrogen (secondary N) is 1. The molecule has 10 heteroatoms. The number of methoxy groups -OCH3 is 1. The third-order valence-electron chi connectivity index (χ3n) is 2.73. The summed E-state index contributed by atoms with van der Waals surface area (Å²) in [6.07, 6.45) is -4.91. The Kier molecular flexibility index (Phi) is 5.45. The lowest BCUT2D eigenvalue weighted by atomic mass is 10.1. The molecule has 0 heterocycles. The number of ether oxygens (including phenoxy) is 1. The van der Waals surface area contributed by atoms with Crippen molar-refractivity contribution < 1.29 is 31.1 Å². The van der Waals surface area contributed by atoms with Crippen molar-refractivity contribution >= 4 is 16.0 Å². The Bertz CT molecular complexity index is 694. The Morgan fingerprint density at radius 1 is 1.30 bits per heavy atom. The predicted molar refractivity (Wildman–Crippen MR) is 76.2 cm³/mol. The number of carbonyl (C=O) groups is 1. The molecule has 6 nitrogen and oxygen atoms in total. The van der Waals surface area contributed by atoms with Crippen molar-refractivity contribution in [2.75, 3.05) is 13.7 Å². The van der Waals surface area contributed by atoms with E-state index in [0.29, 0.717) is 6.07 Å². The third kappa shape index (κ3) is 5.19. The van der Waals surface area contributed by atoms with Crippen LogP contribution in [-0.2, 0) is 20.9 Å². The average Bonchev–Trinajstić information content (AvgIpc) is 2.42. The normalized spacial score (nSPS) is 13.0. The van der Waals surface area contributed by atoms with E-state index < -0.39 is 43.7 Å². The summed E-state index contributed by atoms with van der Waals surface area (Å²) in [5.74, 6) is -1.21. The first-order valence-electron chi connectivity index (χ1n) is 6.36. The van der Waals surface area contributed by atoms with Gasteiger partial charge < -0.3 is 10.5 Å². The van der Waals surface area contributed by atoms with Crippen LogP contribution in [0.15, 0.2) is 23.1 Å². The second kappa shape index (κ2) is 6.46. The second-order valence-electron chi connectivity index (χ2n) is 5.51. The number of sulfonamides is 1. The minimum atomic E-state index is -4.91. The minimum Gasteiger partial charge on any atom is -0.465 e. The lowest BCUT2D eigenvalue weighted by molar-refractivity contribution is -0.138. The first-order valence-corrected chi connectivity index (χ1v) is 7.84. The van der Waals surface area contributed by atoms with Crippen molar-refractivity contribution in [3.8, 4) is 0 Å². The summed E-state index contributed by atoms with van der Waals surface area (Å²) in [5.41, 5.74) is 2.60. The Morgan fingerprint density at radius 3 is 2.30 bits per heavy atom. The van der Waals surface area contributed by atoms with Gasteiger partial charge in [0, 0.05) is 12.1 Å². The Balaban J connectivity index is 3.33. The lowest BCUT2D eigenvalue weighted by Gasteiger charge is -2.19. The predicted octanol–water partition coefficient (Wildman–Crippen LogP) is 1.51. The van der Waals surface area contributed by atoms with Crippen molar-refractivity contribution in [2.24, 2.45) is 5.73 Å². The summed E-state index contributed by atoms with van der Waals surface area (Å²) in [5, 5.41) is 0. The van der Waals surface area contributed by atoms with Gasteiger partial charge in [0.25, 0.3) is 0 Å². The molecule has 23 heavy (non-hydrogen) atoms. The highest BCUT2D eigenvalue weighted by Crippen LogP contribution is 2.34. The molecule has 0 atom stereocenters. The first-order chi connectivity index (χ1) is 10.3. The number of alkyl halides is 3. The van der Waals surface area contributed by atoms with Gasteiger partial charge in [-0.25, -0.2) is 17.9 Å². The summed E-state index contributed by atoms with van der Waals surface area (Å²) >= 11 is 0. The van der Waals surface area contributed by atoms with E-state index in [9.17, 15) is 26.4 Å². The van der Waals surface area contributed by atoms with Crippen LogP contribution in [0.5, 0.6) is 0 Å². The molecule has 1 rings (SSSR count). The smallest absolute Gasteiger partial charge is 0.417 e. The standard InChI is InChI=1S/C13H17F3N2O4S/c1-12(2,17)7-18-23(20,21)8-4-5-9(11(19)22-3)10(6-8)13(14,15)16/h4-6,18H,7,17H2,1-3H3. The topological polar surface area (TPSA) is 98.5 Å². The van der Waals surface area contributed by atoms with Crippen molar-refractivity contribution in [3.63, 3.8) is 0 Å². The summed E-state index contributed by atoms with van der Waals surface area (Å²) in [6, 6.07) is 2.04. The van der Waals surface area contributed by atoms with Gasteiger partial charge >= 0.3 is 12.1 Å². The van der Waals surface area contributed by atoms with E-state index in [1.165, 1.54) is 0 Å². The molecule has 0 aromatic heterocycles. The van der Waals surface area contributed by atoms with Gasteiger partial charge in [-0.1, -0.05) is 0 Å². The van der Waals surface area contributed by atoms with Crippen molar-refractivity contribution in [1.29, 1.82) is 0 Å². The van der Waals surface area contributed by atoms with Crippen LogP contribution < -0.4 is 10.5 Å². The summed E-state index contributed by atoms with van der Waals surface area (Å²) < 4.78 is 69.6. The van der Waals surface area contributed by atoms with Crippen LogP contribution >= 0.6 is 0 Å². The molecule has 0 saturated carbocycles. The van der Waals surface area contributed by atoms with Crippen molar-refractivity contribution in [2.45, 2.75) is 30.5 Å². The molecule has 0 amide bonds. The summed E-state index contributed by atoms with van der Waals surface area (Å²) in [6.45, 7) is 2.93. The number of esters is 1. The van der Waals surface area contributed by atoms with E-state index in [4.69, 9.17) is 5.73 Å². The first kappa shape index (κ1) is 19.4. The van der Waals surface area contributed by atoms with Crippen LogP contribution in [0.25, 0.3) is 0 Å². The van der Waals surface area contributed by atoms with E-state index in [2.05, 4.69) is 9.46 Å². The molecule has 0 spiro atoms. The van der Waals surface area contributed by atoms with Gasteiger partial charge in [0.05, 0.1) is 23.1 Å². The van der Waals surface area contributed by atoms with E-state index in [1.807, 2.05) is 0 Å². The van der Waals surface area contributed by atoms with Gasteiger partial charge in [0.15, 0.2) is 0 Å². The largest absolute Gasteiger partial charge is 0.465 e. The molecule has 1 aromatic carbocycles. The molecule has 0 aliphatic heterocycles. The number of nitrogens with two attached hydrogens (primary N) is 1. The van der Waals surface area contributed by atoms with Crippen LogP contribution in [0.2, 0.25) is 0 Å². The average molecular weight is 354 g/mol. The van der Waals surface area contributed by atoms with Crippen LogP contribution in [0.4, 0.5) is 13.2 Å². The zero-order valence-electron chi connectivity index (χ0n) is 12.7. The van der Waals surface area contributed by atoms with E-state index in [0.717, 1.165) is 19.2 Å². The molecule has 1 aromatic rings. The van der Waals surface area contributed by atoms with Crippen molar-refractivity contribution in [3.05, 3.63) is 29.3 Å². The van der Waals surface area contributed by atoms with E-state index in [1.54, 1.807) is 13.8 Å². The molecule has 0 aliphatic rings. The molecule has 0 radical (unpaired) electrons. The second-order valence-corrected chi connectivity index (χ2v) is 7.28. The van der Waals surface area contributed by atoms with E-state index >= 15 is 0 Å². The van der Waals surface area contributed by atoms with Gasteiger partial charge in [0.2, 0.25) is 10.0 Å². The molecule has 0 bridgehead atoms. The Hall–Kier alpha value is -1.65. The maximum Gasteiger partial charge on any atom is 0.417 e. The maximum atomic E-state index is 13.0. The van der Waals surface area contributed by atoms with E-state index in [-0.39, 0.29) is 6.54 Å². The molecule has 0 saturated heterocycles. The summed E-state index contributed by atoms with van der Waals surface area (Å²) in [7, 11) is -3.28. The van der Waals surface area contributed by atoms with Gasteiger partial charge in [-0.05, 0) is 32.0 Å². The fourth-order valence-corrected chi connectivity index (χ4v) is 2.83. The quantitative estimate of drug-likeness (QED) is 0.781. The van der Waals surface area contributed by atoms with Gasteiger partial charge in [-0.2, -0.15) is 13.2 Å². The number of hydrogen-bond donors (Lipinski definition) is 2. The lowest BCUT2D eigenvalue weighted by Crippen LogP contribution is -2.45. The highest BCUT2D eigenvalue weighted by atomic mass is 32.2. The Labute approximate surface area is 131 Å². The number of benzene rings is 1. The maximum absolute atomic E-state index is 13.0. The van der Waals surface area contributed by atoms with Gasteiger partial charge in [-0.3, -0.25) is 0 Å². The zero-order chi connectivity index (χ0) is 18.1. The highest BCUT2D eigenvalue weighted by molar-refractivity contribution is 7.89. The van der Waals surface area contributed by atoms with Crippen LogP contribution in [0, 0.1) is 0 Å². The number of halogens is 3. The third-order valence-corrected chi connectivity index (χ3v) is 4.13. The molecule has 0 fully saturated rings. The molecule has 3 N–H and O–H groups in total. The fourth-order valence-electron chi connectivity index (χ4n) is 1.58. The van der Waals surface area contributed by atoms with Gasteiger partial charge in [0.1, 0.15) is 0 Å². The molecule has 0 unspecified atom stereocenters. The fraction of sp³-hybridized carbons (Fsp3) is 0.462. The number of hydrogen-bond acceptors (Lipinski definition) is 5. The van der Waals surface area contributed by atoms with Crippen LogP contribution in [0.3, 0.4) is 0 Å². The highest BCUT2D eigenvalue weighted by Gasteiger charge is 2.37. The number of rotatable bonds is 5. The monoisotopic (exact) mass is 354 g/mol. The molecular formula is C13H17F3N2O4S. The summed E-state index contributed by atoms with van der Waals surface area (Å²) in [4.78, 5) is 10.8. The van der Waals surface area contributed by atoms with Crippen LogP contribution in [-0.4, -0.2) is 33.6 Å². The van der Waals surface area contributed by atoms with Crippen LogP contribution in [0.1, 0.15) is 29.8 Å². The van der Waals surface area contributed by atoms with Crippen molar-refractivity contribution in [1.82, 2.24) is 4.72 Å². The number of carbonyl (C=O) groups excluding carboxylic acids is 1. The zero-order valence-corrected chi connectivity index (χ0v) is 13.5.